The van der Waals surface area contributed by atoms with Crippen LogP contribution in [-0.2, 0) is 6.54 Å². The van der Waals surface area contributed by atoms with Gasteiger partial charge in [0.05, 0.1) is 14.2 Å². The highest BCUT2D eigenvalue weighted by molar-refractivity contribution is 7.99. The van der Waals surface area contributed by atoms with Gasteiger partial charge >= 0.3 is 0 Å². The fourth-order valence-corrected chi connectivity index (χ4v) is 3.64. The van der Waals surface area contributed by atoms with Crippen LogP contribution < -0.4 is 14.8 Å². The average molecular weight is 281 g/mol. The summed E-state index contributed by atoms with van der Waals surface area (Å²) in [5.41, 5.74) is 1.24. The van der Waals surface area contributed by atoms with E-state index in [4.69, 9.17) is 9.47 Å². The van der Waals surface area contributed by atoms with Crippen molar-refractivity contribution in [2.75, 3.05) is 20.5 Å². The molecular weight excluding hydrogens is 258 g/mol. The highest BCUT2D eigenvalue weighted by Gasteiger charge is 2.25. The Morgan fingerprint density at radius 3 is 2.68 bits per heavy atom. The minimum absolute atomic E-state index is 0.642. The molecule has 1 aromatic carbocycles. The topological polar surface area (TPSA) is 30.5 Å². The molecule has 106 valence electrons. The third-order valence-electron chi connectivity index (χ3n) is 3.77. The number of hydrogen-bond donors (Lipinski definition) is 1. The lowest BCUT2D eigenvalue weighted by atomic mass is 10.1. The van der Waals surface area contributed by atoms with Gasteiger partial charge in [-0.25, -0.2) is 0 Å². The van der Waals surface area contributed by atoms with Crippen LogP contribution in [0.15, 0.2) is 18.2 Å². The van der Waals surface area contributed by atoms with E-state index in [-0.39, 0.29) is 0 Å². The maximum Gasteiger partial charge on any atom is 0.161 e. The number of benzene rings is 1. The SMILES string of the molecule is COc1ccc(CNC2CCCC2SC)cc1OC. The van der Waals surface area contributed by atoms with Crippen LogP contribution in [0.3, 0.4) is 0 Å². The van der Waals surface area contributed by atoms with Crippen molar-refractivity contribution in [2.45, 2.75) is 37.1 Å². The van der Waals surface area contributed by atoms with E-state index in [2.05, 4.69) is 23.7 Å². The van der Waals surface area contributed by atoms with Crippen LogP contribution in [0.25, 0.3) is 0 Å². The Kier molecular flexibility index (Phi) is 5.40. The summed E-state index contributed by atoms with van der Waals surface area (Å²) in [6.07, 6.45) is 6.18. The summed E-state index contributed by atoms with van der Waals surface area (Å²) < 4.78 is 10.6. The minimum Gasteiger partial charge on any atom is -0.493 e. The lowest BCUT2D eigenvalue weighted by molar-refractivity contribution is 0.354. The quantitative estimate of drug-likeness (QED) is 0.868. The zero-order valence-corrected chi connectivity index (χ0v) is 12.8. The Labute approximate surface area is 120 Å². The van der Waals surface area contributed by atoms with E-state index in [0.717, 1.165) is 23.3 Å². The molecule has 2 rings (SSSR count). The zero-order chi connectivity index (χ0) is 13.7. The van der Waals surface area contributed by atoms with Gasteiger partial charge in [-0.05, 0) is 36.8 Å². The van der Waals surface area contributed by atoms with E-state index in [1.54, 1.807) is 14.2 Å². The van der Waals surface area contributed by atoms with Crippen LogP contribution in [0.1, 0.15) is 24.8 Å². The maximum absolute atomic E-state index is 5.33. The van der Waals surface area contributed by atoms with Gasteiger partial charge < -0.3 is 14.8 Å². The highest BCUT2D eigenvalue weighted by Crippen LogP contribution is 2.30. The van der Waals surface area contributed by atoms with Gasteiger partial charge in [0.25, 0.3) is 0 Å². The van der Waals surface area contributed by atoms with Crippen LogP contribution in [0, 0.1) is 0 Å². The number of thioether (sulfide) groups is 1. The van der Waals surface area contributed by atoms with Crippen LogP contribution in [0.2, 0.25) is 0 Å². The van der Waals surface area contributed by atoms with Crippen molar-refractivity contribution >= 4 is 11.8 Å². The summed E-state index contributed by atoms with van der Waals surface area (Å²) in [7, 11) is 3.34. The van der Waals surface area contributed by atoms with Crippen molar-refractivity contribution in [3.63, 3.8) is 0 Å². The molecule has 0 aromatic heterocycles. The van der Waals surface area contributed by atoms with E-state index in [9.17, 15) is 0 Å². The first-order chi connectivity index (χ1) is 9.28. The maximum atomic E-state index is 5.33. The minimum atomic E-state index is 0.642. The van der Waals surface area contributed by atoms with Gasteiger partial charge in [0.15, 0.2) is 11.5 Å². The predicted molar refractivity (Wildman–Crippen MR) is 81.3 cm³/mol. The van der Waals surface area contributed by atoms with E-state index in [1.807, 2.05) is 17.8 Å². The third kappa shape index (κ3) is 3.57. The molecule has 0 heterocycles. The molecule has 0 saturated heterocycles. The molecule has 0 amide bonds. The summed E-state index contributed by atoms with van der Waals surface area (Å²) in [5, 5.41) is 4.43. The number of methoxy groups -OCH3 is 2. The lowest BCUT2D eigenvalue weighted by Gasteiger charge is -2.19. The Balaban J connectivity index is 1.96. The summed E-state index contributed by atoms with van der Waals surface area (Å²) in [5.74, 6) is 1.59. The van der Waals surface area contributed by atoms with Crippen LogP contribution >= 0.6 is 11.8 Å². The number of ether oxygens (including phenoxy) is 2. The molecule has 0 radical (unpaired) electrons. The van der Waals surface area contributed by atoms with Gasteiger partial charge in [-0.3, -0.25) is 0 Å². The van der Waals surface area contributed by atoms with Gasteiger partial charge in [-0.2, -0.15) is 11.8 Å². The van der Waals surface area contributed by atoms with Gasteiger partial charge in [0, 0.05) is 17.8 Å². The summed E-state index contributed by atoms with van der Waals surface area (Å²) in [6, 6.07) is 6.76. The Morgan fingerprint density at radius 1 is 1.21 bits per heavy atom. The molecule has 4 heteroatoms. The number of hydrogen-bond acceptors (Lipinski definition) is 4. The molecule has 2 unspecified atom stereocenters. The predicted octanol–water partition coefficient (Wildman–Crippen LogP) is 3.08. The highest BCUT2D eigenvalue weighted by atomic mass is 32.2. The van der Waals surface area contributed by atoms with Crippen molar-refractivity contribution in [2.24, 2.45) is 0 Å². The van der Waals surface area contributed by atoms with Crippen molar-refractivity contribution in [3.8, 4) is 11.5 Å². The van der Waals surface area contributed by atoms with Gasteiger partial charge in [-0.15, -0.1) is 0 Å². The van der Waals surface area contributed by atoms with Crippen molar-refractivity contribution in [1.82, 2.24) is 5.32 Å². The smallest absolute Gasteiger partial charge is 0.161 e. The van der Waals surface area contributed by atoms with Crippen molar-refractivity contribution in [3.05, 3.63) is 23.8 Å². The largest absolute Gasteiger partial charge is 0.493 e. The van der Waals surface area contributed by atoms with Crippen molar-refractivity contribution < 1.29 is 9.47 Å². The standard InChI is InChI=1S/C15H23NO2S/c1-17-13-8-7-11(9-14(13)18-2)10-16-12-5-4-6-15(12)19-3/h7-9,12,15-16H,4-6,10H2,1-3H3. The van der Waals surface area contributed by atoms with Crippen LogP contribution in [-0.4, -0.2) is 31.8 Å². The first-order valence-corrected chi connectivity index (χ1v) is 8.04. The molecule has 1 saturated carbocycles. The summed E-state index contributed by atoms with van der Waals surface area (Å²) in [6.45, 7) is 0.891. The molecule has 1 aliphatic carbocycles. The Morgan fingerprint density at radius 2 is 2.00 bits per heavy atom. The Bertz CT molecular complexity index is 411. The van der Waals surface area contributed by atoms with Gasteiger partial charge in [0.1, 0.15) is 0 Å². The van der Waals surface area contributed by atoms with Crippen LogP contribution in [0.4, 0.5) is 0 Å². The fraction of sp³-hybridized carbons (Fsp3) is 0.600. The zero-order valence-electron chi connectivity index (χ0n) is 11.9. The second-order valence-corrected chi connectivity index (χ2v) is 5.96. The molecule has 1 aliphatic rings. The molecule has 3 nitrogen and oxygen atoms in total. The molecular formula is C15H23NO2S. The Hall–Kier alpha value is -0.870. The summed E-state index contributed by atoms with van der Waals surface area (Å²) >= 11 is 1.98. The fourth-order valence-electron chi connectivity index (χ4n) is 2.68. The molecule has 1 fully saturated rings. The van der Waals surface area contributed by atoms with E-state index < -0.39 is 0 Å². The number of rotatable bonds is 6. The van der Waals surface area contributed by atoms with Gasteiger partial charge in [0.2, 0.25) is 0 Å². The average Bonchev–Trinajstić information content (AvgIpc) is 2.92. The molecule has 0 aliphatic heterocycles. The molecule has 1 N–H and O–H groups in total. The summed E-state index contributed by atoms with van der Waals surface area (Å²) in [4.78, 5) is 0. The number of nitrogens with one attached hydrogen (secondary N) is 1. The molecule has 19 heavy (non-hydrogen) atoms. The normalized spacial score (nSPS) is 22.5. The van der Waals surface area contributed by atoms with E-state index >= 15 is 0 Å². The van der Waals surface area contributed by atoms with Crippen molar-refractivity contribution in [1.29, 1.82) is 0 Å². The van der Waals surface area contributed by atoms with E-state index in [1.165, 1.54) is 24.8 Å². The monoisotopic (exact) mass is 281 g/mol. The van der Waals surface area contributed by atoms with E-state index in [0.29, 0.717) is 6.04 Å². The molecule has 0 bridgehead atoms. The molecule has 2 atom stereocenters. The first kappa shape index (κ1) is 14.5. The van der Waals surface area contributed by atoms with Gasteiger partial charge in [-0.1, -0.05) is 12.5 Å². The van der Waals surface area contributed by atoms with Crippen LogP contribution in [0.5, 0.6) is 11.5 Å². The molecule has 1 aromatic rings. The second-order valence-electron chi connectivity index (χ2n) is 4.88. The third-order valence-corrected chi connectivity index (χ3v) is 4.94. The second kappa shape index (κ2) is 7.06. The first-order valence-electron chi connectivity index (χ1n) is 6.75. The molecule has 0 spiro atoms. The lowest BCUT2D eigenvalue weighted by Crippen LogP contribution is -2.33.